The molecule has 0 radical (unpaired) electrons. The van der Waals surface area contributed by atoms with Crippen molar-refractivity contribution in [2.24, 2.45) is 0 Å². The molecule has 0 aliphatic carbocycles. The molecule has 2 aromatic rings. The van der Waals surface area contributed by atoms with Gasteiger partial charge in [0.15, 0.2) is 5.82 Å². The monoisotopic (exact) mass is 359 g/mol. The molecule has 1 unspecified atom stereocenters. The third-order valence-corrected chi connectivity index (χ3v) is 3.21. The molecule has 1 saturated heterocycles. The first-order valence-corrected chi connectivity index (χ1v) is 6.89. The number of carbonyl (C=O) groups is 1. The lowest BCUT2D eigenvalue weighted by molar-refractivity contribution is -0.117. The maximum absolute atomic E-state index is 12.1. The summed E-state index contributed by atoms with van der Waals surface area (Å²) in [5.41, 5.74) is 0.642. The van der Waals surface area contributed by atoms with Gasteiger partial charge in [-0.15, -0.1) is 24.8 Å². The Morgan fingerprint density at radius 3 is 2.96 bits per heavy atom. The Hall–Kier alpha value is -1.67. The Labute approximate surface area is 146 Å². The van der Waals surface area contributed by atoms with Crippen molar-refractivity contribution in [3.63, 3.8) is 0 Å². The average molecular weight is 360 g/mol. The smallest absolute Gasteiger partial charge is 0.226 e. The highest BCUT2D eigenvalue weighted by molar-refractivity contribution is 5.92. The zero-order valence-electron chi connectivity index (χ0n) is 12.3. The lowest BCUT2D eigenvalue weighted by atomic mass is 10.2. The summed E-state index contributed by atoms with van der Waals surface area (Å²) in [6.07, 6.45) is 5.49. The number of nitrogens with zero attached hydrogens (tertiary/aromatic N) is 3. The van der Waals surface area contributed by atoms with E-state index in [4.69, 9.17) is 4.74 Å². The predicted octanol–water partition coefficient (Wildman–Crippen LogP) is 1.43. The zero-order valence-corrected chi connectivity index (χ0v) is 14.0. The summed E-state index contributed by atoms with van der Waals surface area (Å²) in [7, 11) is 0. The number of carbonyl (C=O) groups excluding carboxylic acids is 1. The van der Waals surface area contributed by atoms with Gasteiger partial charge in [-0.05, 0) is 18.2 Å². The largest absolute Gasteiger partial charge is 0.378 e. The van der Waals surface area contributed by atoms with E-state index in [1.807, 2.05) is 12.1 Å². The van der Waals surface area contributed by atoms with Crippen LogP contribution in [0.5, 0.6) is 0 Å². The van der Waals surface area contributed by atoms with Gasteiger partial charge in [-0.2, -0.15) is 5.10 Å². The molecule has 0 aromatic carbocycles. The number of aromatic nitrogens is 3. The number of morpholine rings is 1. The van der Waals surface area contributed by atoms with Crippen molar-refractivity contribution in [2.75, 3.05) is 25.1 Å². The number of hydrogen-bond donors (Lipinski definition) is 2. The van der Waals surface area contributed by atoms with Crippen LogP contribution in [0, 0.1) is 0 Å². The highest BCUT2D eigenvalue weighted by Gasteiger charge is 2.18. The summed E-state index contributed by atoms with van der Waals surface area (Å²) in [6.45, 7) is 2.04. The minimum Gasteiger partial charge on any atom is -0.378 e. The number of rotatable bonds is 4. The molecule has 1 amide bonds. The molecule has 3 rings (SSSR count). The molecule has 1 atom stereocenters. The van der Waals surface area contributed by atoms with Gasteiger partial charge in [-0.3, -0.25) is 4.79 Å². The summed E-state index contributed by atoms with van der Waals surface area (Å²) in [5, 5.41) is 10.3. The predicted molar refractivity (Wildman–Crippen MR) is 91.7 cm³/mol. The summed E-state index contributed by atoms with van der Waals surface area (Å²) in [5.74, 6) is 0.531. The van der Waals surface area contributed by atoms with Crippen molar-refractivity contribution in [2.45, 2.75) is 12.5 Å². The molecule has 1 aliphatic rings. The molecular formula is C14H19Cl2N5O2. The van der Waals surface area contributed by atoms with Crippen LogP contribution in [0.4, 0.5) is 5.69 Å². The van der Waals surface area contributed by atoms with Gasteiger partial charge in [-0.25, -0.2) is 9.67 Å². The van der Waals surface area contributed by atoms with Crippen molar-refractivity contribution < 1.29 is 9.53 Å². The summed E-state index contributed by atoms with van der Waals surface area (Å²) < 4.78 is 6.97. The fourth-order valence-electron chi connectivity index (χ4n) is 2.25. The summed E-state index contributed by atoms with van der Waals surface area (Å²) in [4.78, 5) is 16.4. The van der Waals surface area contributed by atoms with Crippen LogP contribution in [0.2, 0.25) is 0 Å². The number of anilines is 1. The first kappa shape index (κ1) is 19.4. The Bertz CT molecular complexity index is 603. The second-order valence-corrected chi connectivity index (χ2v) is 4.80. The van der Waals surface area contributed by atoms with E-state index >= 15 is 0 Å². The van der Waals surface area contributed by atoms with E-state index < -0.39 is 0 Å². The molecule has 2 N–H and O–H groups in total. The molecule has 9 heteroatoms. The Kier molecular flexibility index (Phi) is 7.97. The van der Waals surface area contributed by atoms with E-state index in [-0.39, 0.29) is 36.8 Å². The van der Waals surface area contributed by atoms with Gasteiger partial charge < -0.3 is 15.4 Å². The summed E-state index contributed by atoms with van der Waals surface area (Å²) >= 11 is 0. The van der Waals surface area contributed by atoms with Gasteiger partial charge in [0, 0.05) is 37.6 Å². The van der Waals surface area contributed by atoms with Crippen LogP contribution in [-0.4, -0.2) is 46.5 Å². The molecule has 7 nitrogen and oxygen atoms in total. The number of pyridine rings is 1. The van der Waals surface area contributed by atoms with E-state index in [1.165, 1.54) is 0 Å². The number of halogens is 2. The molecule has 1 fully saturated rings. The van der Waals surface area contributed by atoms with E-state index in [1.54, 1.807) is 29.3 Å². The molecule has 0 bridgehead atoms. The van der Waals surface area contributed by atoms with Crippen molar-refractivity contribution in [1.29, 1.82) is 0 Å². The van der Waals surface area contributed by atoms with E-state index in [0.29, 0.717) is 31.1 Å². The average Bonchev–Trinajstić information content (AvgIpc) is 3.03. The molecule has 126 valence electrons. The van der Waals surface area contributed by atoms with E-state index in [0.717, 1.165) is 6.54 Å². The van der Waals surface area contributed by atoms with Crippen molar-refractivity contribution in [3.8, 4) is 5.82 Å². The maximum Gasteiger partial charge on any atom is 0.226 e. The second-order valence-electron chi connectivity index (χ2n) is 4.80. The third-order valence-electron chi connectivity index (χ3n) is 3.21. The molecule has 1 aliphatic heterocycles. The molecular weight excluding hydrogens is 341 g/mol. The third kappa shape index (κ3) is 5.18. The Morgan fingerprint density at radius 1 is 1.39 bits per heavy atom. The minimum atomic E-state index is -0.0700. The first-order valence-electron chi connectivity index (χ1n) is 6.89. The topological polar surface area (TPSA) is 81.1 Å². The van der Waals surface area contributed by atoms with Crippen LogP contribution in [0.15, 0.2) is 36.8 Å². The second kappa shape index (κ2) is 9.46. The Balaban J connectivity index is 0.00000132. The van der Waals surface area contributed by atoms with Crippen molar-refractivity contribution in [1.82, 2.24) is 20.1 Å². The van der Waals surface area contributed by atoms with E-state index in [2.05, 4.69) is 20.7 Å². The number of nitrogens with one attached hydrogen (secondary N) is 2. The minimum absolute atomic E-state index is 0. The van der Waals surface area contributed by atoms with Crippen molar-refractivity contribution >= 4 is 36.4 Å². The normalized spacial score (nSPS) is 16.8. The van der Waals surface area contributed by atoms with Crippen LogP contribution in [0.3, 0.4) is 0 Å². The van der Waals surface area contributed by atoms with Gasteiger partial charge in [0.2, 0.25) is 5.91 Å². The highest BCUT2D eigenvalue weighted by atomic mass is 35.5. The fraction of sp³-hybridized carbons (Fsp3) is 0.357. The SMILES string of the molecule is Cl.Cl.O=C(CC1COCCN1)Nc1cccnc1-n1cccn1. The Morgan fingerprint density at radius 2 is 2.26 bits per heavy atom. The van der Waals surface area contributed by atoms with Gasteiger partial charge in [0.1, 0.15) is 0 Å². The van der Waals surface area contributed by atoms with Gasteiger partial charge in [-0.1, -0.05) is 0 Å². The molecule has 0 saturated carbocycles. The number of ether oxygens (including phenoxy) is 1. The fourth-order valence-corrected chi connectivity index (χ4v) is 2.25. The zero-order chi connectivity index (χ0) is 14.5. The lowest BCUT2D eigenvalue weighted by Crippen LogP contribution is -2.43. The molecule has 0 spiro atoms. The van der Waals surface area contributed by atoms with Crippen LogP contribution in [0.25, 0.3) is 5.82 Å². The van der Waals surface area contributed by atoms with Crippen molar-refractivity contribution in [3.05, 3.63) is 36.8 Å². The lowest BCUT2D eigenvalue weighted by Gasteiger charge is -2.23. The van der Waals surface area contributed by atoms with E-state index in [9.17, 15) is 4.79 Å². The van der Waals surface area contributed by atoms with Gasteiger partial charge in [0.05, 0.1) is 18.9 Å². The quantitative estimate of drug-likeness (QED) is 0.862. The van der Waals surface area contributed by atoms with Crippen LogP contribution < -0.4 is 10.6 Å². The standard InChI is InChI=1S/C14H17N5O2.2ClH/c20-13(9-11-10-21-8-6-15-11)18-12-3-1-4-16-14(12)19-7-2-5-17-19;;/h1-5,7,11,15H,6,8-10H2,(H,18,20);2*1H. The number of hydrogen-bond acceptors (Lipinski definition) is 5. The molecule has 3 heterocycles. The van der Waals surface area contributed by atoms with Crippen LogP contribution in [-0.2, 0) is 9.53 Å². The molecule has 23 heavy (non-hydrogen) atoms. The molecule has 2 aromatic heterocycles. The maximum atomic E-state index is 12.1. The van der Waals surface area contributed by atoms with Crippen LogP contribution in [0.1, 0.15) is 6.42 Å². The highest BCUT2D eigenvalue weighted by Crippen LogP contribution is 2.16. The van der Waals surface area contributed by atoms with Crippen LogP contribution >= 0.6 is 24.8 Å². The summed E-state index contributed by atoms with van der Waals surface area (Å²) in [6, 6.07) is 5.46. The first-order chi connectivity index (χ1) is 10.3. The van der Waals surface area contributed by atoms with Gasteiger partial charge in [0.25, 0.3) is 0 Å². The number of amides is 1. The van der Waals surface area contributed by atoms with Gasteiger partial charge >= 0.3 is 0 Å².